The molecule has 178 valence electrons. The largest absolute Gasteiger partial charge is 0.460 e. The van der Waals surface area contributed by atoms with Gasteiger partial charge < -0.3 is 19.5 Å². The average Bonchev–Trinajstić information content (AvgIpc) is 2.56. The summed E-state index contributed by atoms with van der Waals surface area (Å²) < 4.78 is 11.2. The van der Waals surface area contributed by atoms with Crippen LogP contribution in [0, 0.1) is 11.8 Å². The van der Waals surface area contributed by atoms with Crippen LogP contribution in [0.5, 0.6) is 0 Å². The van der Waals surface area contributed by atoms with Crippen LogP contribution in [0.25, 0.3) is 0 Å². The van der Waals surface area contributed by atoms with Crippen LogP contribution in [-0.2, 0) is 23.9 Å². The first-order chi connectivity index (χ1) is 14.4. The number of hydrogen-bond acceptors (Lipinski definition) is 7. The molecule has 0 bridgehead atoms. The molecule has 0 aromatic heterocycles. The third-order valence-corrected chi connectivity index (χ3v) is 5.38. The maximum atomic E-state index is 13.3. The van der Waals surface area contributed by atoms with Gasteiger partial charge in [-0.3, -0.25) is 14.4 Å². The second-order valence-electron chi connectivity index (χ2n) is 11.0. The fourth-order valence-corrected chi connectivity index (χ4v) is 4.14. The first kappa shape index (κ1) is 25.8. The summed E-state index contributed by atoms with van der Waals surface area (Å²) in [4.78, 5) is 41.5. The van der Waals surface area contributed by atoms with Crippen LogP contribution in [-0.4, -0.2) is 53.7 Å². The highest BCUT2D eigenvalue weighted by Gasteiger charge is 2.57. The molecular formula is C25H37NO6. The molecule has 0 radical (unpaired) electrons. The lowest BCUT2D eigenvalue weighted by Gasteiger charge is -2.44. The number of ketones is 1. The predicted molar refractivity (Wildman–Crippen MR) is 122 cm³/mol. The molecule has 1 aliphatic carbocycles. The Hall–Kier alpha value is -2.41. The van der Waals surface area contributed by atoms with Crippen LogP contribution in [0.15, 0.2) is 24.3 Å². The molecule has 0 aliphatic heterocycles. The van der Waals surface area contributed by atoms with Crippen molar-refractivity contribution in [3.63, 3.8) is 0 Å². The Bertz CT molecular complexity index is 858. The van der Waals surface area contributed by atoms with E-state index in [0.29, 0.717) is 5.56 Å². The zero-order valence-corrected chi connectivity index (χ0v) is 20.7. The Morgan fingerprint density at radius 2 is 1.44 bits per heavy atom. The number of carbonyl (C=O) groups excluding carboxylic acids is 3. The van der Waals surface area contributed by atoms with Gasteiger partial charge in [0.25, 0.3) is 0 Å². The molecule has 4 atom stereocenters. The molecule has 1 saturated carbocycles. The van der Waals surface area contributed by atoms with Crippen molar-refractivity contribution >= 4 is 23.4 Å². The third-order valence-electron chi connectivity index (χ3n) is 5.38. The maximum absolute atomic E-state index is 13.3. The Balaban J connectivity index is 2.64. The smallest absolute Gasteiger partial charge is 0.317 e. The van der Waals surface area contributed by atoms with Crippen LogP contribution in [0.3, 0.4) is 0 Å². The molecule has 1 N–H and O–H groups in total. The molecule has 0 saturated heterocycles. The minimum absolute atomic E-state index is 0.340. The summed E-state index contributed by atoms with van der Waals surface area (Å²) in [6.07, 6.45) is -0.340. The van der Waals surface area contributed by atoms with Gasteiger partial charge >= 0.3 is 11.9 Å². The quantitative estimate of drug-likeness (QED) is 0.558. The highest BCUT2D eigenvalue weighted by atomic mass is 16.6. The van der Waals surface area contributed by atoms with Gasteiger partial charge in [-0.25, -0.2) is 0 Å². The molecule has 1 aromatic rings. The highest BCUT2D eigenvalue weighted by Crippen LogP contribution is 2.47. The van der Waals surface area contributed by atoms with E-state index in [1.165, 1.54) is 6.92 Å². The van der Waals surface area contributed by atoms with Crippen LogP contribution in [0.4, 0.5) is 5.69 Å². The van der Waals surface area contributed by atoms with Gasteiger partial charge in [-0.15, -0.1) is 0 Å². The van der Waals surface area contributed by atoms with Gasteiger partial charge in [-0.2, -0.15) is 0 Å². The number of carbonyl (C=O) groups is 3. The van der Waals surface area contributed by atoms with E-state index in [1.54, 1.807) is 53.7 Å². The molecule has 7 nitrogen and oxygen atoms in total. The van der Waals surface area contributed by atoms with E-state index in [2.05, 4.69) is 0 Å². The van der Waals surface area contributed by atoms with E-state index in [-0.39, 0.29) is 6.42 Å². The molecule has 0 unspecified atom stereocenters. The van der Waals surface area contributed by atoms with Gasteiger partial charge in [0.15, 0.2) is 5.78 Å². The maximum Gasteiger partial charge on any atom is 0.317 e. The number of ether oxygens (including phenoxy) is 2. The third kappa shape index (κ3) is 6.09. The van der Waals surface area contributed by atoms with E-state index in [4.69, 9.17) is 9.47 Å². The van der Waals surface area contributed by atoms with Gasteiger partial charge in [-0.05, 0) is 66.2 Å². The summed E-state index contributed by atoms with van der Waals surface area (Å²) in [6, 6.07) is 7.26. The van der Waals surface area contributed by atoms with Crippen molar-refractivity contribution in [3.05, 3.63) is 29.8 Å². The van der Waals surface area contributed by atoms with E-state index in [9.17, 15) is 19.5 Å². The SMILES string of the molecule is CN(C)c1ccc([C@@H]2[C@@H](C(=O)OC(C)(C)C)C(=O)C[C@@](C)(O)[C@@H]2C(=O)OC(C)(C)C)cc1. The molecule has 0 heterocycles. The molecule has 1 fully saturated rings. The van der Waals surface area contributed by atoms with Crippen molar-refractivity contribution in [3.8, 4) is 0 Å². The van der Waals surface area contributed by atoms with Crippen molar-refractivity contribution in [1.29, 1.82) is 0 Å². The number of aliphatic hydroxyl groups is 1. The monoisotopic (exact) mass is 447 g/mol. The topological polar surface area (TPSA) is 93.1 Å². The van der Waals surface area contributed by atoms with E-state index in [1.807, 2.05) is 31.1 Å². The molecule has 0 amide bonds. The van der Waals surface area contributed by atoms with Crippen LogP contribution < -0.4 is 4.90 Å². The van der Waals surface area contributed by atoms with E-state index >= 15 is 0 Å². The molecule has 1 aromatic carbocycles. The molecule has 0 spiro atoms. The summed E-state index contributed by atoms with van der Waals surface area (Å²) in [7, 11) is 3.80. The first-order valence-electron chi connectivity index (χ1n) is 10.9. The minimum atomic E-state index is -1.68. The van der Waals surface area contributed by atoms with Crippen molar-refractivity contribution in [2.24, 2.45) is 11.8 Å². The summed E-state index contributed by atoms with van der Waals surface area (Å²) in [6.45, 7) is 11.8. The van der Waals surface area contributed by atoms with Crippen molar-refractivity contribution in [2.75, 3.05) is 19.0 Å². The van der Waals surface area contributed by atoms with Crippen LogP contribution in [0.1, 0.15) is 66.4 Å². The summed E-state index contributed by atoms with van der Waals surface area (Å²) >= 11 is 0. The summed E-state index contributed by atoms with van der Waals surface area (Å²) in [5.41, 5.74) is -1.77. The second kappa shape index (κ2) is 8.85. The Morgan fingerprint density at radius 1 is 0.969 bits per heavy atom. The lowest BCUT2D eigenvalue weighted by atomic mass is 9.61. The van der Waals surface area contributed by atoms with Gasteiger partial charge in [0.1, 0.15) is 17.1 Å². The number of anilines is 1. The number of hydrogen-bond donors (Lipinski definition) is 1. The average molecular weight is 448 g/mol. The Morgan fingerprint density at radius 3 is 1.88 bits per heavy atom. The Kier molecular flexibility index (Phi) is 7.15. The molecular weight excluding hydrogens is 410 g/mol. The fraction of sp³-hybridized carbons (Fsp3) is 0.640. The van der Waals surface area contributed by atoms with E-state index < -0.39 is 52.3 Å². The Labute approximate surface area is 191 Å². The van der Waals surface area contributed by atoms with Crippen molar-refractivity contribution in [2.45, 2.75) is 77.6 Å². The number of esters is 2. The lowest BCUT2D eigenvalue weighted by molar-refractivity contribution is -0.182. The molecule has 1 aliphatic rings. The zero-order valence-electron chi connectivity index (χ0n) is 20.7. The van der Waals surface area contributed by atoms with Gasteiger partial charge in [0, 0.05) is 32.1 Å². The standard InChI is InChI=1S/C25H37NO6/c1-23(2,3)31-21(28)19-17(27)14-25(7,30)20(22(29)32-24(4,5)6)18(19)15-10-12-16(13-11-15)26(8)9/h10-13,18-20,30H,14H2,1-9H3/t18-,19+,20+,25-/m1/s1. The summed E-state index contributed by atoms with van der Waals surface area (Å²) in [5.74, 6) is -5.07. The van der Waals surface area contributed by atoms with Crippen molar-refractivity contribution < 1.29 is 29.0 Å². The zero-order chi connectivity index (χ0) is 24.6. The number of nitrogens with zero attached hydrogens (tertiary/aromatic N) is 1. The van der Waals surface area contributed by atoms with Crippen molar-refractivity contribution in [1.82, 2.24) is 0 Å². The number of benzene rings is 1. The summed E-state index contributed by atoms with van der Waals surface area (Å²) in [5, 5.41) is 11.2. The number of Topliss-reactive ketones (excluding diaryl/α,β-unsaturated/α-hetero) is 1. The molecule has 2 rings (SSSR count). The van der Waals surface area contributed by atoms with Gasteiger partial charge in [0.2, 0.25) is 0 Å². The van der Waals surface area contributed by atoms with E-state index in [0.717, 1.165) is 5.69 Å². The normalized spacial score (nSPS) is 26.4. The highest BCUT2D eigenvalue weighted by molar-refractivity contribution is 6.03. The van der Waals surface area contributed by atoms with Crippen LogP contribution >= 0.6 is 0 Å². The van der Waals surface area contributed by atoms with Crippen LogP contribution in [0.2, 0.25) is 0 Å². The van der Waals surface area contributed by atoms with Gasteiger partial charge in [0.05, 0.1) is 11.5 Å². The molecule has 7 heteroatoms. The second-order valence-corrected chi connectivity index (χ2v) is 11.0. The minimum Gasteiger partial charge on any atom is -0.460 e. The van der Waals surface area contributed by atoms with Gasteiger partial charge in [-0.1, -0.05) is 12.1 Å². The molecule has 32 heavy (non-hydrogen) atoms. The predicted octanol–water partition coefficient (Wildman–Crippen LogP) is 3.48. The fourth-order valence-electron chi connectivity index (χ4n) is 4.14. The first-order valence-corrected chi connectivity index (χ1v) is 10.9. The lowest BCUT2D eigenvalue weighted by Crippen LogP contribution is -2.56. The number of rotatable bonds is 4.